The molecule has 1 aromatic rings. The van der Waals surface area contributed by atoms with Crippen molar-refractivity contribution in [1.82, 2.24) is 9.88 Å². The van der Waals surface area contributed by atoms with Crippen molar-refractivity contribution in [3.63, 3.8) is 0 Å². The lowest BCUT2D eigenvalue weighted by Crippen LogP contribution is -2.39. The molecular weight excluding hydrogens is 250 g/mol. The van der Waals surface area contributed by atoms with Crippen LogP contribution in [0.4, 0.5) is 5.82 Å². The van der Waals surface area contributed by atoms with E-state index in [0.29, 0.717) is 22.5 Å². The van der Waals surface area contributed by atoms with Gasteiger partial charge in [0.2, 0.25) is 0 Å². The van der Waals surface area contributed by atoms with E-state index in [2.05, 4.69) is 17.2 Å². The molecule has 1 amide bonds. The maximum absolute atomic E-state index is 12.4. The number of carbonyl (C=O) groups is 1. The van der Waals surface area contributed by atoms with Crippen LogP contribution in [0.3, 0.4) is 0 Å². The Balaban J connectivity index is 2.19. The van der Waals surface area contributed by atoms with Crippen molar-refractivity contribution in [2.24, 2.45) is 5.92 Å². The number of rotatable bonds is 2. The lowest BCUT2D eigenvalue weighted by atomic mass is 9.99. The van der Waals surface area contributed by atoms with Gasteiger partial charge in [-0.2, -0.15) is 0 Å². The van der Waals surface area contributed by atoms with Gasteiger partial charge in [0.05, 0.1) is 0 Å². The van der Waals surface area contributed by atoms with Gasteiger partial charge in [-0.05, 0) is 30.9 Å². The SMILES string of the molecule is CNc1cc(C(=O)N2CCCC(C)C2)cc(Cl)n1. The second-order valence-corrected chi connectivity index (χ2v) is 5.20. The number of piperidine rings is 1. The number of carbonyl (C=O) groups excluding carboxylic acids is 1. The third-order valence-corrected chi connectivity index (χ3v) is 3.44. The minimum atomic E-state index is 0.0438. The van der Waals surface area contributed by atoms with Crippen molar-refractivity contribution in [2.45, 2.75) is 19.8 Å². The molecule has 1 fully saturated rings. The second kappa shape index (κ2) is 5.57. The van der Waals surface area contributed by atoms with Crippen molar-refractivity contribution in [3.05, 3.63) is 22.8 Å². The number of hydrogen-bond donors (Lipinski definition) is 1. The van der Waals surface area contributed by atoms with E-state index < -0.39 is 0 Å². The summed E-state index contributed by atoms with van der Waals surface area (Å²) in [6, 6.07) is 3.37. The first-order valence-corrected chi connectivity index (χ1v) is 6.62. The van der Waals surface area contributed by atoms with Crippen LogP contribution in [0.5, 0.6) is 0 Å². The second-order valence-electron chi connectivity index (χ2n) is 4.81. The van der Waals surface area contributed by atoms with Gasteiger partial charge in [0.25, 0.3) is 5.91 Å². The molecule has 0 saturated carbocycles. The first-order valence-electron chi connectivity index (χ1n) is 6.24. The van der Waals surface area contributed by atoms with Gasteiger partial charge in [0, 0.05) is 25.7 Å². The molecule has 1 aromatic heterocycles. The lowest BCUT2D eigenvalue weighted by molar-refractivity contribution is 0.0683. The van der Waals surface area contributed by atoms with Crippen molar-refractivity contribution < 1.29 is 4.79 Å². The molecule has 1 aliphatic heterocycles. The number of aromatic nitrogens is 1. The summed E-state index contributed by atoms with van der Waals surface area (Å²) in [5.74, 6) is 1.24. The Morgan fingerprint density at radius 3 is 3.00 bits per heavy atom. The summed E-state index contributed by atoms with van der Waals surface area (Å²) in [4.78, 5) is 18.4. The van der Waals surface area contributed by atoms with Gasteiger partial charge >= 0.3 is 0 Å². The standard InChI is InChI=1S/C13H18ClN3O/c1-9-4-3-5-17(8-9)13(18)10-6-11(14)16-12(7-10)15-2/h6-7,9H,3-5,8H2,1-2H3,(H,15,16). The average Bonchev–Trinajstić information content (AvgIpc) is 2.37. The zero-order valence-corrected chi connectivity index (χ0v) is 11.5. The van der Waals surface area contributed by atoms with Crippen LogP contribution in [-0.4, -0.2) is 35.9 Å². The summed E-state index contributed by atoms with van der Waals surface area (Å²) in [5, 5.41) is 3.25. The zero-order chi connectivity index (χ0) is 13.1. The van der Waals surface area contributed by atoms with Crippen LogP contribution in [0.15, 0.2) is 12.1 Å². The fourth-order valence-corrected chi connectivity index (χ4v) is 2.51. The van der Waals surface area contributed by atoms with Crippen molar-refractivity contribution in [2.75, 3.05) is 25.5 Å². The minimum absolute atomic E-state index is 0.0438. The highest BCUT2D eigenvalue weighted by atomic mass is 35.5. The largest absolute Gasteiger partial charge is 0.373 e. The number of anilines is 1. The number of nitrogens with one attached hydrogen (secondary N) is 1. The average molecular weight is 268 g/mol. The van der Waals surface area contributed by atoms with Gasteiger partial charge in [-0.15, -0.1) is 0 Å². The summed E-state index contributed by atoms with van der Waals surface area (Å²) in [7, 11) is 1.76. The Kier molecular flexibility index (Phi) is 4.07. The monoisotopic (exact) mass is 267 g/mol. The number of likely N-dealkylation sites (tertiary alicyclic amines) is 1. The first kappa shape index (κ1) is 13.1. The highest BCUT2D eigenvalue weighted by Crippen LogP contribution is 2.20. The quantitative estimate of drug-likeness (QED) is 0.838. The normalized spacial score (nSPS) is 19.7. The fourth-order valence-electron chi connectivity index (χ4n) is 2.30. The first-order chi connectivity index (χ1) is 8.60. The smallest absolute Gasteiger partial charge is 0.254 e. The third kappa shape index (κ3) is 2.93. The van der Waals surface area contributed by atoms with E-state index in [4.69, 9.17) is 11.6 Å². The number of halogens is 1. The molecule has 0 radical (unpaired) electrons. The van der Waals surface area contributed by atoms with Gasteiger partial charge in [-0.1, -0.05) is 18.5 Å². The van der Waals surface area contributed by atoms with E-state index in [9.17, 15) is 4.79 Å². The van der Waals surface area contributed by atoms with Gasteiger partial charge < -0.3 is 10.2 Å². The highest BCUT2D eigenvalue weighted by Gasteiger charge is 2.22. The van der Waals surface area contributed by atoms with Crippen LogP contribution in [0.1, 0.15) is 30.1 Å². The third-order valence-electron chi connectivity index (χ3n) is 3.24. The van der Waals surface area contributed by atoms with Crippen LogP contribution in [-0.2, 0) is 0 Å². The fraction of sp³-hybridized carbons (Fsp3) is 0.538. The predicted molar refractivity (Wildman–Crippen MR) is 73.1 cm³/mol. The molecule has 1 N–H and O–H groups in total. The van der Waals surface area contributed by atoms with Crippen molar-refractivity contribution in [1.29, 1.82) is 0 Å². The molecule has 98 valence electrons. The van der Waals surface area contributed by atoms with Crippen LogP contribution < -0.4 is 5.32 Å². The topological polar surface area (TPSA) is 45.2 Å². The Hall–Kier alpha value is -1.29. The number of pyridine rings is 1. The molecule has 1 saturated heterocycles. The molecule has 0 spiro atoms. The predicted octanol–water partition coefficient (Wildman–Crippen LogP) is 2.65. The van der Waals surface area contributed by atoms with Gasteiger partial charge in [-0.25, -0.2) is 4.98 Å². The van der Waals surface area contributed by atoms with Gasteiger partial charge in [0.15, 0.2) is 0 Å². The maximum Gasteiger partial charge on any atom is 0.254 e. The Morgan fingerprint density at radius 2 is 2.33 bits per heavy atom. The van der Waals surface area contributed by atoms with Crippen LogP contribution in [0, 0.1) is 5.92 Å². The van der Waals surface area contributed by atoms with E-state index in [1.54, 1.807) is 19.2 Å². The molecule has 5 heteroatoms. The molecule has 1 unspecified atom stereocenters. The van der Waals surface area contributed by atoms with Gasteiger partial charge in [0.1, 0.15) is 11.0 Å². The van der Waals surface area contributed by atoms with E-state index in [0.717, 1.165) is 19.5 Å². The molecule has 0 aromatic carbocycles. The van der Waals surface area contributed by atoms with E-state index in [1.807, 2.05) is 4.90 Å². The molecule has 4 nitrogen and oxygen atoms in total. The highest BCUT2D eigenvalue weighted by molar-refractivity contribution is 6.29. The molecule has 18 heavy (non-hydrogen) atoms. The Bertz CT molecular complexity index is 450. The summed E-state index contributed by atoms with van der Waals surface area (Å²) < 4.78 is 0. The van der Waals surface area contributed by atoms with Crippen LogP contribution in [0.2, 0.25) is 5.15 Å². The van der Waals surface area contributed by atoms with E-state index >= 15 is 0 Å². The number of hydrogen-bond acceptors (Lipinski definition) is 3. The summed E-state index contributed by atoms with van der Waals surface area (Å²) in [5.41, 5.74) is 0.605. The molecule has 0 aliphatic carbocycles. The van der Waals surface area contributed by atoms with Gasteiger partial charge in [-0.3, -0.25) is 4.79 Å². The number of amides is 1. The molecule has 1 atom stereocenters. The summed E-state index contributed by atoms with van der Waals surface area (Å²) in [6.45, 7) is 3.84. The van der Waals surface area contributed by atoms with E-state index in [1.165, 1.54) is 6.42 Å². The Morgan fingerprint density at radius 1 is 1.56 bits per heavy atom. The minimum Gasteiger partial charge on any atom is -0.373 e. The van der Waals surface area contributed by atoms with E-state index in [-0.39, 0.29) is 5.91 Å². The van der Waals surface area contributed by atoms with Crippen molar-refractivity contribution in [3.8, 4) is 0 Å². The summed E-state index contributed by atoms with van der Waals surface area (Å²) >= 11 is 5.92. The van der Waals surface area contributed by atoms with Crippen LogP contribution >= 0.6 is 11.6 Å². The molecule has 0 bridgehead atoms. The molecule has 2 heterocycles. The maximum atomic E-state index is 12.4. The zero-order valence-electron chi connectivity index (χ0n) is 10.7. The summed E-state index contributed by atoms with van der Waals surface area (Å²) in [6.07, 6.45) is 2.27. The van der Waals surface area contributed by atoms with Crippen molar-refractivity contribution >= 4 is 23.3 Å². The van der Waals surface area contributed by atoms with Crippen LogP contribution in [0.25, 0.3) is 0 Å². The number of nitrogens with zero attached hydrogens (tertiary/aromatic N) is 2. The lowest BCUT2D eigenvalue weighted by Gasteiger charge is -2.31. The molecule has 2 rings (SSSR count). The molecular formula is C13H18ClN3O. The Labute approximate surface area is 112 Å². The molecule has 1 aliphatic rings.